The lowest BCUT2D eigenvalue weighted by Gasteiger charge is -2.07. The fourth-order valence-corrected chi connectivity index (χ4v) is 3.97. The molecular formula is C18H16N4O2S2. The van der Waals surface area contributed by atoms with Crippen molar-refractivity contribution in [2.45, 2.75) is 10.9 Å². The molecule has 26 heavy (non-hydrogen) atoms. The second-order valence-electron chi connectivity index (χ2n) is 5.48. The lowest BCUT2D eigenvalue weighted by Crippen LogP contribution is -1.97. The summed E-state index contributed by atoms with van der Waals surface area (Å²) in [4.78, 5) is 5.56. The highest BCUT2D eigenvalue weighted by Crippen LogP contribution is 2.31. The van der Waals surface area contributed by atoms with Crippen molar-refractivity contribution in [2.75, 3.05) is 7.11 Å². The van der Waals surface area contributed by atoms with Gasteiger partial charge in [0.2, 0.25) is 5.89 Å². The standard InChI is InChI=1S/C18H16N4O2S2/c1-22-16(13-6-3-4-7-14(13)23-2)20-21-18(22)26-11-12-10-24-17(19-12)15-8-5-9-25-15/h3-10H,11H2,1-2H3. The third kappa shape index (κ3) is 3.25. The number of para-hydroxylation sites is 1. The number of hydrogen-bond acceptors (Lipinski definition) is 7. The van der Waals surface area contributed by atoms with Gasteiger partial charge >= 0.3 is 0 Å². The second-order valence-corrected chi connectivity index (χ2v) is 7.37. The minimum atomic E-state index is 0.656. The highest BCUT2D eigenvalue weighted by atomic mass is 32.2. The molecule has 0 atom stereocenters. The summed E-state index contributed by atoms with van der Waals surface area (Å²) in [6, 6.07) is 11.8. The molecule has 3 heterocycles. The molecule has 132 valence electrons. The van der Waals surface area contributed by atoms with E-state index >= 15 is 0 Å². The molecule has 0 unspecified atom stereocenters. The van der Waals surface area contributed by atoms with Crippen molar-refractivity contribution in [1.29, 1.82) is 0 Å². The fraction of sp³-hybridized carbons (Fsp3) is 0.167. The highest BCUT2D eigenvalue weighted by molar-refractivity contribution is 7.98. The van der Waals surface area contributed by atoms with Crippen LogP contribution in [-0.4, -0.2) is 26.9 Å². The number of thiophene rings is 1. The molecule has 0 radical (unpaired) electrons. The van der Waals surface area contributed by atoms with Crippen LogP contribution < -0.4 is 4.74 Å². The molecule has 8 heteroatoms. The van der Waals surface area contributed by atoms with Crippen molar-refractivity contribution >= 4 is 23.1 Å². The van der Waals surface area contributed by atoms with Gasteiger partial charge in [0.25, 0.3) is 0 Å². The summed E-state index contributed by atoms with van der Waals surface area (Å²) < 4.78 is 12.9. The number of benzene rings is 1. The predicted molar refractivity (Wildman–Crippen MR) is 102 cm³/mol. The molecule has 0 saturated carbocycles. The molecule has 1 aromatic carbocycles. The molecule has 0 N–H and O–H groups in total. The minimum Gasteiger partial charge on any atom is -0.496 e. The van der Waals surface area contributed by atoms with Crippen LogP contribution in [-0.2, 0) is 12.8 Å². The van der Waals surface area contributed by atoms with E-state index in [1.807, 2.05) is 53.4 Å². The zero-order valence-electron chi connectivity index (χ0n) is 14.2. The first-order chi connectivity index (χ1) is 12.8. The molecule has 3 aromatic heterocycles. The van der Waals surface area contributed by atoms with Gasteiger partial charge in [-0.3, -0.25) is 0 Å². The van der Waals surface area contributed by atoms with Crippen LogP contribution in [0.15, 0.2) is 57.6 Å². The monoisotopic (exact) mass is 384 g/mol. The highest BCUT2D eigenvalue weighted by Gasteiger charge is 2.15. The molecule has 0 fully saturated rings. The van der Waals surface area contributed by atoms with Gasteiger partial charge in [0.15, 0.2) is 11.0 Å². The molecule has 6 nitrogen and oxygen atoms in total. The zero-order valence-corrected chi connectivity index (χ0v) is 15.9. The number of thioether (sulfide) groups is 1. The first kappa shape index (κ1) is 16.9. The maximum Gasteiger partial charge on any atom is 0.236 e. The van der Waals surface area contributed by atoms with Crippen LogP contribution in [0.5, 0.6) is 5.75 Å². The number of aromatic nitrogens is 4. The van der Waals surface area contributed by atoms with E-state index in [-0.39, 0.29) is 0 Å². The molecule has 4 rings (SSSR count). The van der Waals surface area contributed by atoms with Crippen LogP contribution in [0.2, 0.25) is 0 Å². The van der Waals surface area contributed by atoms with E-state index < -0.39 is 0 Å². The average Bonchev–Trinajstić information content (AvgIpc) is 3.41. The van der Waals surface area contributed by atoms with Gasteiger partial charge in [0.1, 0.15) is 12.0 Å². The van der Waals surface area contributed by atoms with Crippen molar-refractivity contribution in [3.05, 3.63) is 53.7 Å². The minimum absolute atomic E-state index is 0.656. The molecule has 0 spiro atoms. The number of rotatable bonds is 6. The van der Waals surface area contributed by atoms with E-state index in [9.17, 15) is 0 Å². The Kier molecular flexibility index (Phi) is 4.77. The Bertz CT molecular complexity index is 1010. The van der Waals surface area contributed by atoms with Gasteiger partial charge in [0, 0.05) is 12.8 Å². The normalized spacial score (nSPS) is 11.0. The molecule has 0 aliphatic rings. The summed E-state index contributed by atoms with van der Waals surface area (Å²) in [5, 5.41) is 11.4. The topological polar surface area (TPSA) is 66.0 Å². The van der Waals surface area contributed by atoms with E-state index in [2.05, 4.69) is 15.2 Å². The molecular weight excluding hydrogens is 368 g/mol. The maximum absolute atomic E-state index is 5.56. The Morgan fingerprint density at radius 3 is 2.88 bits per heavy atom. The predicted octanol–water partition coefficient (Wildman–Crippen LogP) is 4.50. The van der Waals surface area contributed by atoms with Crippen LogP contribution in [0.4, 0.5) is 0 Å². The third-order valence-electron chi connectivity index (χ3n) is 3.82. The number of methoxy groups -OCH3 is 1. The molecule has 0 amide bonds. The summed E-state index contributed by atoms with van der Waals surface area (Å²) in [6.07, 6.45) is 1.69. The van der Waals surface area contributed by atoms with Crippen LogP contribution >= 0.6 is 23.1 Å². The van der Waals surface area contributed by atoms with Crippen LogP contribution in [0.1, 0.15) is 5.69 Å². The first-order valence-electron chi connectivity index (χ1n) is 7.90. The Hall–Kier alpha value is -2.58. The van der Waals surface area contributed by atoms with Gasteiger partial charge in [0.05, 0.1) is 23.2 Å². The van der Waals surface area contributed by atoms with Crippen LogP contribution in [0, 0.1) is 0 Å². The van der Waals surface area contributed by atoms with Gasteiger partial charge in [-0.15, -0.1) is 21.5 Å². The number of oxazole rings is 1. The summed E-state index contributed by atoms with van der Waals surface area (Å²) in [7, 11) is 3.60. The number of ether oxygens (including phenoxy) is 1. The molecule has 4 aromatic rings. The quantitative estimate of drug-likeness (QED) is 0.456. The van der Waals surface area contributed by atoms with Crippen molar-refractivity contribution in [1.82, 2.24) is 19.7 Å². The Morgan fingerprint density at radius 2 is 2.08 bits per heavy atom. The van der Waals surface area contributed by atoms with Crippen molar-refractivity contribution in [2.24, 2.45) is 7.05 Å². The average molecular weight is 384 g/mol. The maximum atomic E-state index is 5.56. The largest absolute Gasteiger partial charge is 0.496 e. The lowest BCUT2D eigenvalue weighted by atomic mass is 10.2. The molecule has 0 aliphatic carbocycles. The van der Waals surface area contributed by atoms with E-state index in [0.717, 1.165) is 32.9 Å². The summed E-state index contributed by atoms with van der Waals surface area (Å²) >= 11 is 3.18. The molecule has 0 saturated heterocycles. The molecule has 0 bridgehead atoms. The Labute approximate surface area is 158 Å². The SMILES string of the molecule is COc1ccccc1-c1nnc(SCc2coc(-c3cccs3)n2)n1C. The fourth-order valence-electron chi connectivity index (χ4n) is 2.53. The van der Waals surface area contributed by atoms with Crippen LogP contribution in [0.3, 0.4) is 0 Å². The van der Waals surface area contributed by atoms with E-state index in [1.54, 1.807) is 36.5 Å². The van der Waals surface area contributed by atoms with E-state index in [1.165, 1.54) is 0 Å². The Morgan fingerprint density at radius 1 is 1.19 bits per heavy atom. The smallest absolute Gasteiger partial charge is 0.236 e. The van der Waals surface area contributed by atoms with Gasteiger partial charge in [-0.05, 0) is 23.6 Å². The zero-order chi connectivity index (χ0) is 17.9. The third-order valence-corrected chi connectivity index (χ3v) is 5.73. The molecule has 0 aliphatic heterocycles. The number of hydrogen-bond donors (Lipinski definition) is 0. The first-order valence-corrected chi connectivity index (χ1v) is 9.76. The Balaban J connectivity index is 1.51. The van der Waals surface area contributed by atoms with Crippen molar-refractivity contribution in [3.63, 3.8) is 0 Å². The van der Waals surface area contributed by atoms with Crippen LogP contribution in [0.25, 0.3) is 22.2 Å². The van der Waals surface area contributed by atoms with Gasteiger partial charge in [-0.2, -0.15) is 0 Å². The van der Waals surface area contributed by atoms with Crippen molar-refractivity contribution in [3.8, 4) is 27.9 Å². The van der Waals surface area contributed by atoms with Gasteiger partial charge < -0.3 is 13.7 Å². The van der Waals surface area contributed by atoms with Crippen molar-refractivity contribution < 1.29 is 9.15 Å². The van der Waals surface area contributed by atoms with E-state index in [0.29, 0.717) is 11.6 Å². The second kappa shape index (κ2) is 7.35. The summed E-state index contributed by atoms with van der Waals surface area (Å²) in [5.74, 6) is 2.86. The number of nitrogens with zero attached hydrogens (tertiary/aromatic N) is 4. The van der Waals surface area contributed by atoms with Gasteiger partial charge in [-0.25, -0.2) is 4.98 Å². The summed E-state index contributed by atoms with van der Waals surface area (Å²) in [6.45, 7) is 0. The summed E-state index contributed by atoms with van der Waals surface area (Å²) in [5.41, 5.74) is 1.79. The van der Waals surface area contributed by atoms with E-state index in [4.69, 9.17) is 9.15 Å². The van der Waals surface area contributed by atoms with Gasteiger partial charge in [-0.1, -0.05) is 30.0 Å². The lowest BCUT2D eigenvalue weighted by molar-refractivity contribution is 0.416.